The minimum atomic E-state index is 0.302. The predicted octanol–water partition coefficient (Wildman–Crippen LogP) is 5.60. The molecule has 4 atom stereocenters. The van der Waals surface area contributed by atoms with Crippen LogP contribution in [0.15, 0.2) is 72.3 Å². The maximum atomic E-state index is 12.3. The Hall–Kier alpha value is -2.23. The molecule has 4 rings (SSSR count). The molecular weight excluding hydrogens is 372 g/mol. The first-order valence-corrected chi connectivity index (χ1v) is 11.1. The van der Waals surface area contributed by atoms with Crippen molar-refractivity contribution in [2.45, 2.75) is 39.4 Å². The fourth-order valence-electron chi connectivity index (χ4n) is 5.09. The smallest absolute Gasteiger partial charge is 0.133 e. The van der Waals surface area contributed by atoms with Crippen LogP contribution in [0.25, 0.3) is 0 Å². The normalized spacial score (nSPS) is 26.2. The average molecular weight is 405 g/mol. The van der Waals surface area contributed by atoms with Gasteiger partial charge < -0.3 is 9.47 Å². The van der Waals surface area contributed by atoms with Crippen LogP contribution in [0.5, 0.6) is 0 Å². The molecule has 158 valence electrons. The molecule has 2 aromatic rings. The summed E-state index contributed by atoms with van der Waals surface area (Å²) in [6.07, 6.45) is 4.80. The summed E-state index contributed by atoms with van der Waals surface area (Å²) in [6, 6.07) is 20.6. The number of ether oxygens (including phenoxy) is 2. The number of benzene rings is 2. The maximum absolute atomic E-state index is 12.3. The molecule has 0 spiro atoms. The summed E-state index contributed by atoms with van der Waals surface area (Å²) in [5, 5.41) is 0. The van der Waals surface area contributed by atoms with Crippen molar-refractivity contribution >= 4 is 5.78 Å². The number of fused-ring (bicyclic) bond motifs is 1. The number of allylic oxidation sites excluding steroid dienone is 1. The van der Waals surface area contributed by atoms with Crippen LogP contribution in [-0.4, -0.2) is 19.0 Å². The summed E-state index contributed by atoms with van der Waals surface area (Å²) in [5.41, 5.74) is 3.78. The van der Waals surface area contributed by atoms with E-state index in [1.54, 1.807) is 0 Å². The van der Waals surface area contributed by atoms with Crippen molar-refractivity contribution in [1.29, 1.82) is 0 Å². The third-order valence-electron chi connectivity index (χ3n) is 6.73. The van der Waals surface area contributed by atoms with Gasteiger partial charge in [0.1, 0.15) is 5.78 Å². The molecule has 0 N–H and O–H groups in total. The molecule has 0 heterocycles. The van der Waals surface area contributed by atoms with Crippen molar-refractivity contribution in [3.63, 3.8) is 0 Å². The van der Waals surface area contributed by atoms with Gasteiger partial charge in [0.25, 0.3) is 0 Å². The molecule has 1 saturated carbocycles. The number of rotatable bonds is 8. The molecule has 0 amide bonds. The monoisotopic (exact) mass is 404 g/mol. The van der Waals surface area contributed by atoms with Crippen LogP contribution in [0.4, 0.5) is 0 Å². The molecule has 0 aliphatic heterocycles. The highest BCUT2D eigenvalue weighted by Crippen LogP contribution is 2.45. The van der Waals surface area contributed by atoms with Crippen molar-refractivity contribution in [3.05, 3.63) is 83.4 Å². The number of ketones is 1. The Morgan fingerprint density at radius 2 is 1.47 bits per heavy atom. The van der Waals surface area contributed by atoms with E-state index >= 15 is 0 Å². The lowest BCUT2D eigenvalue weighted by Crippen LogP contribution is -2.41. The van der Waals surface area contributed by atoms with Gasteiger partial charge >= 0.3 is 0 Å². The molecular formula is C27H32O3. The van der Waals surface area contributed by atoms with Gasteiger partial charge in [0.2, 0.25) is 0 Å². The van der Waals surface area contributed by atoms with Crippen LogP contribution < -0.4 is 0 Å². The summed E-state index contributed by atoms with van der Waals surface area (Å²) in [6.45, 7) is 4.81. The predicted molar refractivity (Wildman–Crippen MR) is 119 cm³/mol. The largest absolute Gasteiger partial charge is 0.376 e. The van der Waals surface area contributed by atoms with E-state index in [4.69, 9.17) is 9.47 Å². The van der Waals surface area contributed by atoms with Gasteiger partial charge in [-0.3, -0.25) is 4.79 Å². The summed E-state index contributed by atoms with van der Waals surface area (Å²) < 4.78 is 12.3. The van der Waals surface area contributed by atoms with E-state index in [0.29, 0.717) is 62.3 Å². The number of hydrogen-bond acceptors (Lipinski definition) is 3. The van der Waals surface area contributed by atoms with Crippen molar-refractivity contribution in [2.24, 2.45) is 23.7 Å². The minimum Gasteiger partial charge on any atom is -0.376 e. The highest BCUT2D eigenvalue weighted by molar-refractivity contribution is 5.79. The van der Waals surface area contributed by atoms with Gasteiger partial charge in [0.05, 0.1) is 26.4 Å². The number of carbonyl (C=O) groups excluding carboxylic acids is 1. The van der Waals surface area contributed by atoms with Gasteiger partial charge in [-0.2, -0.15) is 0 Å². The Kier molecular flexibility index (Phi) is 7.14. The molecule has 0 aromatic heterocycles. The maximum Gasteiger partial charge on any atom is 0.133 e. The first kappa shape index (κ1) is 21.0. The van der Waals surface area contributed by atoms with E-state index in [1.807, 2.05) is 36.4 Å². The van der Waals surface area contributed by atoms with Gasteiger partial charge in [-0.25, -0.2) is 0 Å². The molecule has 0 radical (unpaired) electrons. The Morgan fingerprint density at radius 3 is 2.10 bits per heavy atom. The molecule has 30 heavy (non-hydrogen) atoms. The van der Waals surface area contributed by atoms with E-state index in [-0.39, 0.29) is 0 Å². The first-order chi connectivity index (χ1) is 14.7. The topological polar surface area (TPSA) is 35.5 Å². The van der Waals surface area contributed by atoms with Crippen molar-refractivity contribution < 1.29 is 14.3 Å². The van der Waals surface area contributed by atoms with Gasteiger partial charge in [-0.15, -0.1) is 0 Å². The van der Waals surface area contributed by atoms with E-state index < -0.39 is 0 Å². The second kappa shape index (κ2) is 10.2. The number of carbonyl (C=O) groups is 1. The zero-order valence-electron chi connectivity index (χ0n) is 17.8. The molecule has 1 fully saturated rings. The van der Waals surface area contributed by atoms with Crippen molar-refractivity contribution in [3.8, 4) is 0 Å². The second-order valence-electron chi connectivity index (χ2n) is 8.79. The van der Waals surface area contributed by atoms with Crippen LogP contribution in [0.2, 0.25) is 0 Å². The lowest BCUT2D eigenvalue weighted by Gasteiger charge is -2.43. The van der Waals surface area contributed by atoms with E-state index in [1.165, 1.54) is 16.7 Å². The minimum absolute atomic E-state index is 0.302. The molecule has 2 aliphatic rings. The third-order valence-corrected chi connectivity index (χ3v) is 6.73. The van der Waals surface area contributed by atoms with E-state index in [0.717, 1.165) is 12.8 Å². The Balaban J connectivity index is 1.43. The standard InChI is InChI=1S/C27H32O3/c1-20-14-23-12-13-24(28)15-25(23)27(19-30-17-22-10-6-3-7-11-22)26(20)18-29-16-21-8-4-2-5-9-21/h2-11,14,23,25-27H,12-13,15-19H2,1H3/t23-,25-,26-,27+/m0/s1. The Bertz CT molecular complexity index is 843. The van der Waals surface area contributed by atoms with Crippen molar-refractivity contribution in [2.75, 3.05) is 13.2 Å². The summed E-state index contributed by atoms with van der Waals surface area (Å²) in [5.74, 6) is 1.90. The number of Topliss-reactive ketones (excluding diaryl/α,β-unsaturated/α-hetero) is 1. The summed E-state index contributed by atoms with van der Waals surface area (Å²) in [4.78, 5) is 12.3. The molecule has 0 unspecified atom stereocenters. The van der Waals surface area contributed by atoms with Crippen LogP contribution in [-0.2, 0) is 27.5 Å². The van der Waals surface area contributed by atoms with Crippen LogP contribution in [0, 0.1) is 23.7 Å². The molecule has 3 nitrogen and oxygen atoms in total. The highest BCUT2D eigenvalue weighted by atomic mass is 16.5. The van der Waals surface area contributed by atoms with Gasteiger partial charge in [-0.1, -0.05) is 72.3 Å². The van der Waals surface area contributed by atoms with Crippen molar-refractivity contribution in [1.82, 2.24) is 0 Å². The molecule has 2 aromatic carbocycles. The summed E-state index contributed by atoms with van der Waals surface area (Å²) in [7, 11) is 0. The molecule has 0 saturated heterocycles. The SMILES string of the molecule is CC1=C[C@@H]2CCC(=O)C[C@@H]2[C@@H](COCc2ccccc2)[C@H]1COCc1ccccc1. The quantitative estimate of drug-likeness (QED) is 0.538. The molecule has 2 aliphatic carbocycles. The van der Waals surface area contributed by atoms with Gasteiger partial charge in [0, 0.05) is 18.8 Å². The zero-order valence-corrected chi connectivity index (χ0v) is 17.8. The van der Waals surface area contributed by atoms with Crippen LogP contribution in [0.1, 0.15) is 37.3 Å². The first-order valence-electron chi connectivity index (χ1n) is 11.1. The third kappa shape index (κ3) is 5.27. The molecule has 0 bridgehead atoms. The van der Waals surface area contributed by atoms with E-state index in [9.17, 15) is 4.79 Å². The highest BCUT2D eigenvalue weighted by Gasteiger charge is 2.41. The van der Waals surface area contributed by atoms with Gasteiger partial charge in [-0.05, 0) is 42.2 Å². The lowest BCUT2D eigenvalue weighted by atomic mass is 9.62. The summed E-state index contributed by atoms with van der Waals surface area (Å²) >= 11 is 0. The van der Waals surface area contributed by atoms with Crippen LogP contribution >= 0.6 is 0 Å². The Labute approximate surface area is 180 Å². The fourth-order valence-corrected chi connectivity index (χ4v) is 5.09. The lowest BCUT2D eigenvalue weighted by molar-refractivity contribution is -0.124. The second-order valence-corrected chi connectivity index (χ2v) is 8.79. The van der Waals surface area contributed by atoms with Crippen LogP contribution in [0.3, 0.4) is 0 Å². The van der Waals surface area contributed by atoms with Gasteiger partial charge in [0.15, 0.2) is 0 Å². The Morgan fingerprint density at radius 1 is 0.867 bits per heavy atom. The fraction of sp³-hybridized carbons (Fsp3) is 0.444. The molecule has 3 heteroatoms. The zero-order chi connectivity index (χ0) is 20.8. The average Bonchev–Trinajstić information content (AvgIpc) is 2.77. The number of hydrogen-bond donors (Lipinski definition) is 0. The van der Waals surface area contributed by atoms with E-state index in [2.05, 4.69) is 37.3 Å².